The zero-order chi connectivity index (χ0) is 12.5. The molecule has 0 aliphatic carbocycles. The van der Waals surface area contributed by atoms with Gasteiger partial charge in [-0.1, -0.05) is 24.3 Å². The van der Waals surface area contributed by atoms with Crippen LogP contribution in [0, 0.1) is 0 Å². The van der Waals surface area contributed by atoms with Gasteiger partial charge < -0.3 is 9.68 Å². The minimum absolute atomic E-state index is 0.110. The Morgan fingerprint density at radius 2 is 2.33 bits per heavy atom. The third-order valence-corrected chi connectivity index (χ3v) is 3.94. The highest BCUT2D eigenvalue weighted by atomic mass is 32.1. The van der Waals surface area contributed by atoms with Crippen molar-refractivity contribution in [3.8, 4) is 0 Å². The molecule has 1 aromatic carbocycles. The summed E-state index contributed by atoms with van der Waals surface area (Å²) >= 11 is 1.45. The van der Waals surface area contributed by atoms with E-state index in [0.717, 1.165) is 21.5 Å². The number of carbonyl (C=O) groups excluding carboxylic acids is 1. The Hall–Kier alpha value is -1.43. The highest BCUT2D eigenvalue weighted by Crippen LogP contribution is 2.15. The van der Waals surface area contributed by atoms with Gasteiger partial charge in [0.1, 0.15) is 0 Å². The van der Waals surface area contributed by atoms with Gasteiger partial charge in [0.25, 0.3) is 0 Å². The lowest BCUT2D eigenvalue weighted by atomic mass is 9.78. The standard InChI is InChI=1S/C13H11BO3S/c15-12(13-2-1-5-18-13)7-9-3-4-10-8-17-14(16)11(10)6-9/h1-6,16H,7-8H2. The Morgan fingerprint density at radius 1 is 1.44 bits per heavy atom. The average molecular weight is 258 g/mol. The summed E-state index contributed by atoms with van der Waals surface area (Å²) in [5.41, 5.74) is 2.69. The first-order valence-corrected chi connectivity index (χ1v) is 6.60. The summed E-state index contributed by atoms with van der Waals surface area (Å²) in [6.45, 7) is 0.440. The molecule has 3 nitrogen and oxygen atoms in total. The van der Waals surface area contributed by atoms with Gasteiger partial charge in [-0.3, -0.25) is 4.79 Å². The van der Waals surface area contributed by atoms with Crippen LogP contribution in [0.25, 0.3) is 0 Å². The summed E-state index contributed by atoms with van der Waals surface area (Å²) in [6.07, 6.45) is 0.362. The molecule has 1 aromatic heterocycles. The topological polar surface area (TPSA) is 46.5 Å². The van der Waals surface area contributed by atoms with Crippen molar-refractivity contribution in [3.05, 3.63) is 51.7 Å². The van der Waals surface area contributed by atoms with E-state index in [1.807, 2.05) is 35.7 Å². The molecule has 0 fully saturated rings. The second kappa shape index (κ2) is 4.68. The van der Waals surface area contributed by atoms with Crippen LogP contribution in [0.3, 0.4) is 0 Å². The van der Waals surface area contributed by atoms with Gasteiger partial charge in [0.05, 0.1) is 11.5 Å². The molecule has 90 valence electrons. The van der Waals surface area contributed by atoms with Crippen molar-refractivity contribution in [1.29, 1.82) is 0 Å². The van der Waals surface area contributed by atoms with Gasteiger partial charge in [-0.25, -0.2) is 0 Å². The van der Waals surface area contributed by atoms with Crippen molar-refractivity contribution in [3.63, 3.8) is 0 Å². The average Bonchev–Trinajstić information content (AvgIpc) is 3.00. The van der Waals surface area contributed by atoms with Crippen molar-refractivity contribution >= 4 is 29.7 Å². The SMILES string of the molecule is O=C(Cc1ccc2c(c1)B(O)OC2)c1cccs1. The number of fused-ring (bicyclic) bond motifs is 1. The number of ketones is 1. The third-order valence-electron chi connectivity index (χ3n) is 3.03. The number of hydrogen-bond donors (Lipinski definition) is 1. The molecule has 2 aromatic rings. The van der Waals surface area contributed by atoms with Crippen LogP contribution in [-0.4, -0.2) is 17.9 Å². The van der Waals surface area contributed by atoms with Crippen molar-refractivity contribution < 1.29 is 14.5 Å². The lowest BCUT2D eigenvalue weighted by Crippen LogP contribution is -2.28. The van der Waals surface area contributed by atoms with Gasteiger partial charge in [-0.15, -0.1) is 11.3 Å². The maximum Gasteiger partial charge on any atom is 0.491 e. The molecule has 0 unspecified atom stereocenters. The Bertz CT molecular complexity index is 580. The molecule has 0 radical (unpaired) electrons. The first-order valence-electron chi connectivity index (χ1n) is 5.72. The van der Waals surface area contributed by atoms with Crippen LogP contribution in [-0.2, 0) is 17.7 Å². The largest absolute Gasteiger partial charge is 0.491 e. The molecular formula is C13H11BO3S. The summed E-state index contributed by atoms with van der Waals surface area (Å²) < 4.78 is 5.13. The highest BCUT2D eigenvalue weighted by molar-refractivity contribution is 7.12. The van der Waals surface area contributed by atoms with Crippen LogP contribution in [0.5, 0.6) is 0 Å². The first-order chi connectivity index (χ1) is 8.74. The maximum atomic E-state index is 12.0. The van der Waals surface area contributed by atoms with E-state index in [9.17, 15) is 9.82 Å². The molecule has 0 bridgehead atoms. The van der Waals surface area contributed by atoms with Crippen LogP contribution < -0.4 is 5.46 Å². The predicted octanol–water partition coefficient (Wildman–Crippen LogP) is 1.39. The lowest BCUT2D eigenvalue weighted by Gasteiger charge is -2.03. The highest BCUT2D eigenvalue weighted by Gasteiger charge is 2.27. The number of Topliss-reactive ketones (excluding diaryl/α,β-unsaturated/α-hetero) is 1. The van der Waals surface area contributed by atoms with E-state index in [1.54, 1.807) is 0 Å². The zero-order valence-electron chi connectivity index (χ0n) is 9.63. The van der Waals surface area contributed by atoms with E-state index in [-0.39, 0.29) is 5.78 Å². The van der Waals surface area contributed by atoms with Crippen molar-refractivity contribution in [1.82, 2.24) is 0 Å². The fourth-order valence-corrected chi connectivity index (χ4v) is 2.75. The number of hydrogen-bond acceptors (Lipinski definition) is 4. The molecule has 18 heavy (non-hydrogen) atoms. The molecule has 1 aliphatic rings. The smallest absolute Gasteiger partial charge is 0.423 e. The molecular weight excluding hydrogens is 247 g/mol. The number of benzene rings is 1. The van der Waals surface area contributed by atoms with Crippen LogP contribution in [0.4, 0.5) is 0 Å². The molecule has 0 saturated heterocycles. The first kappa shape index (κ1) is 11.7. The summed E-state index contributed by atoms with van der Waals surface area (Å²) in [5.74, 6) is 0.110. The molecule has 0 amide bonds. The van der Waals surface area contributed by atoms with Gasteiger partial charge in [0, 0.05) is 6.42 Å². The van der Waals surface area contributed by atoms with Gasteiger partial charge in [0.15, 0.2) is 5.78 Å². The van der Waals surface area contributed by atoms with Crippen molar-refractivity contribution in [2.45, 2.75) is 13.0 Å². The summed E-state index contributed by atoms with van der Waals surface area (Å²) in [7, 11) is -0.850. The monoisotopic (exact) mass is 258 g/mol. The van der Waals surface area contributed by atoms with Crippen molar-refractivity contribution in [2.24, 2.45) is 0 Å². The normalized spacial score (nSPS) is 13.7. The lowest BCUT2D eigenvalue weighted by molar-refractivity contribution is 0.0997. The Labute approximate surface area is 109 Å². The summed E-state index contributed by atoms with van der Waals surface area (Å²) in [4.78, 5) is 12.7. The molecule has 1 N–H and O–H groups in total. The van der Waals surface area contributed by atoms with Gasteiger partial charge >= 0.3 is 7.12 Å². The molecule has 2 heterocycles. The maximum absolute atomic E-state index is 12.0. The zero-order valence-corrected chi connectivity index (χ0v) is 10.4. The summed E-state index contributed by atoms with van der Waals surface area (Å²) in [5, 5.41) is 11.5. The fourth-order valence-electron chi connectivity index (χ4n) is 2.08. The molecule has 5 heteroatoms. The molecule has 3 rings (SSSR count). The number of carbonyl (C=O) groups is 1. The van der Waals surface area contributed by atoms with E-state index < -0.39 is 7.12 Å². The van der Waals surface area contributed by atoms with E-state index in [2.05, 4.69) is 0 Å². The minimum atomic E-state index is -0.850. The Morgan fingerprint density at radius 3 is 3.11 bits per heavy atom. The number of thiophene rings is 1. The molecule has 0 saturated carbocycles. The van der Waals surface area contributed by atoms with Crippen LogP contribution in [0.2, 0.25) is 0 Å². The minimum Gasteiger partial charge on any atom is -0.423 e. The van der Waals surface area contributed by atoms with Crippen LogP contribution >= 0.6 is 11.3 Å². The quantitative estimate of drug-likeness (QED) is 0.668. The van der Waals surface area contributed by atoms with E-state index in [0.29, 0.717) is 13.0 Å². The molecule has 0 atom stereocenters. The van der Waals surface area contributed by atoms with Gasteiger partial charge in [-0.05, 0) is 28.0 Å². The predicted molar refractivity (Wildman–Crippen MR) is 71.2 cm³/mol. The molecule has 1 aliphatic heterocycles. The van der Waals surface area contributed by atoms with E-state index in [1.165, 1.54) is 11.3 Å². The third kappa shape index (κ3) is 2.12. The Balaban J connectivity index is 1.82. The van der Waals surface area contributed by atoms with Gasteiger partial charge in [0.2, 0.25) is 0 Å². The van der Waals surface area contributed by atoms with E-state index >= 15 is 0 Å². The Kier molecular flexibility index (Phi) is 3.03. The second-order valence-electron chi connectivity index (χ2n) is 4.27. The van der Waals surface area contributed by atoms with Crippen molar-refractivity contribution in [2.75, 3.05) is 0 Å². The molecule has 0 spiro atoms. The van der Waals surface area contributed by atoms with Gasteiger partial charge in [-0.2, -0.15) is 0 Å². The van der Waals surface area contributed by atoms with Crippen LogP contribution in [0.1, 0.15) is 20.8 Å². The van der Waals surface area contributed by atoms with E-state index in [4.69, 9.17) is 4.65 Å². The summed E-state index contributed by atoms with van der Waals surface area (Å²) in [6, 6.07) is 9.41. The fraction of sp³-hybridized carbons (Fsp3) is 0.154. The van der Waals surface area contributed by atoms with Crippen LogP contribution in [0.15, 0.2) is 35.7 Å². The number of rotatable bonds is 3. The second-order valence-corrected chi connectivity index (χ2v) is 5.22.